The fourth-order valence-electron chi connectivity index (χ4n) is 3.39. The maximum absolute atomic E-state index is 12.8. The normalized spacial score (nSPS) is 15.5. The van der Waals surface area contributed by atoms with E-state index in [1.807, 2.05) is 26.0 Å². The van der Waals surface area contributed by atoms with E-state index in [0.29, 0.717) is 18.5 Å². The molecule has 1 fully saturated rings. The molecule has 1 aliphatic rings. The summed E-state index contributed by atoms with van der Waals surface area (Å²) in [7, 11) is -1.84. The summed E-state index contributed by atoms with van der Waals surface area (Å²) in [5.74, 6) is -0.156. The molecule has 0 unspecified atom stereocenters. The lowest BCUT2D eigenvalue weighted by atomic mass is 10.1. The molecule has 0 bridgehead atoms. The maximum atomic E-state index is 12.8. The van der Waals surface area contributed by atoms with Gasteiger partial charge in [-0.3, -0.25) is 4.79 Å². The molecule has 168 valence electrons. The first kappa shape index (κ1) is 23.2. The minimum absolute atomic E-state index is 0.146. The summed E-state index contributed by atoms with van der Waals surface area (Å²) in [5, 5.41) is 0. The third kappa shape index (κ3) is 6.06. The van der Waals surface area contributed by atoms with E-state index in [-0.39, 0.29) is 16.8 Å². The second-order valence-electron chi connectivity index (χ2n) is 7.88. The average Bonchev–Trinajstić information content (AvgIpc) is 2.79. The summed E-state index contributed by atoms with van der Waals surface area (Å²) in [6, 6.07) is 14.1. The molecule has 7 nitrogen and oxygen atoms in total. The van der Waals surface area contributed by atoms with E-state index in [0.717, 1.165) is 37.6 Å². The van der Waals surface area contributed by atoms with Gasteiger partial charge in [0.05, 0.1) is 18.1 Å². The van der Waals surface area contributed by atoms with Crippen LogP contribution >= 0.6 is 0 Å². The van der Waals surface area contributed by atoms with E-state index in [9.17, 15) is 13.2 Å². The molecule has 2 aromatic rings. The Bertz CT molecular complexity index is 969. The lowest BCUT2D eigenvalue weighted by molar-refractivity contribution is 0.0785. The number of carbonyl (C=O) groups is 1. The molecule has 3 rings (SSSR count). The highest BCUT2D eigenvalue weighted by atomic mass is 32.2. The first-order valence-electron chi connectivity index (χ1n) is 10.6. The van der Waals surface area contributed by atoms with Crippen molar-refractivity contribution >= 4 is 21.6 Å². The Morgan fingerprint density at radius 2 is 1.71 bits per heavy atom. The van der Waals surface area contributed by atoms with Gasteiger partial charge in [0, 0.05) is 44.0 Å². The Hall–Kier alpha value is -2.42. The maximum Gasteiger partial charge on any atom is 0.253 e. The highest BCUT2D eigenvalue weighted by Gasteiger charge is 2.18. The minimum Gasteiger partial charge on any atom is -0.378 e. The Morgan fingerprint density at radius 1 is 1.10 bits per heavy atom. The SMILES string of the molecule is CC[C@@H](C)NS(=O)(=O)c1ccc(C(=O)N(C)Cc2ccc(N3CCOCC3)cc2)cc1. The van der Waals surface area contributed by atoms with Crippen LogP contribution in [-0.2, 0) is 21.3 Å². The molecular weight excluding hydrogens is 414 g/mol. The molecule has 1 atom stereocenters. The largest absolute Gasteiger partial charge is 0.378 e. The predicted octanol–water partition coefficient (Wildman–Crippen LogP) is 2.87. The number of sulfonamides is 1. The molecule has 8 heteroatoms. The van der Waals surface area contributed by atoms with Gasteiger partial charge in [0.25, 0.3) is 5.91 Å². The van der Waals surface area contributed by atoms with Gasteiger partial charge in [0.2, 0.25) is 10.0 Å². The van der Waals surface area contributed by atoms with E-state index in [1.54, 1.807) is 24.1 Å². The number of hydrogen-bond acceptors (Lipinski definition) is 5. The Labute approximate surface area is 185 Å². The number of rotatable bonds is 8. The zero-order valence-corrected chi connectivity index (χ0v) is 19.2. The first-order valence-corrected chi connectivity index (χ1v) is 12.1. The second-order valence-corrected chi connectivity index (χ2v) is 9.60. The zero-order chi connectivity index (χ0) is 22.4. The average molecular weight is 446 g/mol. The zero-order valence-electron chi connectivity index (χ0n) is 18.4. The fraction of sp³-hybridized carbons (Fsp3) is 0.435. The number of amides is 1. The van der Waals surface area contributed by atoms with Crippen LogP contribution in [0.4, 0.5) is 5.69 Å². The summed E-state index contributed by atoms with van der Waals surface area (Å²) in [5.41, 5.74) is 2.64. The molecule has 1 heterocycles. The van der Waals surface area contributed by atoms with Crippen molar-refractivity contribution in [2.45, 2.75) is 37.8 Å². The van der Waals surface area contributed by atoms with Crippen LogP contribution in [0.5, 0.6) is 0 Å². The summed E-state index contributed by atoms with van der Waals surface area (Å²) in [6.45, 7) is 7.46. The van der Waals surface area contributed by atoms with Gasteiger partial charge in [-0.05, 0) is 55.3 Å². The van der Waals surface area contributed by atoms with Crippen molar-refractivity contribution in [3.63, 3.8) is 0 Å². The van der Waals surface area contributed by atoms with Crippen LogP contribution in [0.3, 0.4) is 0 Å². The summed E-state index contributed by atoms with van der Waals surface area (Å²) in [6.07, 6.45) is 0.702. The van der Waals surface area contributed by atoms with E-state index in [2.05, 4.69) is 21.8 Å². The quantitative estimate of drug-likeness (QED) is 0.676. The van der Waals surface area contributed by atoms with Gasteiger partial charge in [0.1, 0.15) is 0 Å². The van der Waals surface area contributed by atoms with Gasteiger partial charge in [-0.25, -0.2) is 13.1 Å². The Morgan fingerprint density at radius 3 is 2.29 bits per heavy atom. The van der Waals surface area contributed by atoms with Crippen LogP contribution < -0.4 is 9.62 Å². The monoisotopic (exact) mass is 445 g/mol. The van der Waals surface area contributed by atoms with Crippen LogP contribution in [0.1, 0.15) is 36.2 Å². The third-order valence-electron chi connectivity index (χ3n) is 5.46. The minimum atomic E-state index is -3.58. The van der Waals surface area contributed by atoms with Crippen molar-refractivity contribution < 1.29 is 17.9 Å². The smallest absolute Gasteiger partial charge is 0.253 e. The molecular formula is C23H31N3O4S. The number of nitrogens with one attached hydrogen (secondary N) is 1. The summed E-state index contributed by atoms with van der Waals surface area (Å²) >= 11 is 0. The first-order chi connectivity index (χ1) is 14.8. The van der Waals surface area contributed by atoms with E-state index in [1.165, 1.54) is 12.1 Å². The molecule has 1 aliphatic heterocycles. The van der Waals surface area contributed by atoms with Gasteiger partial charge in [-0.1, -0.05) is 19.1 Å². The topological polar surface area (TPSA) is 79.0 Å². The van der Waals surface area contributed by atoms with Crippen molar-refractivity contribution in [1.82, 2.24) is 9.62 Å². The lowest BCUT2D eigenvalue weighted by Crippen LogP contribution is -2.36. The van der Waals surface area contributed by atoms with Crippen LogP contribution in [0.2, 0.25) is 0 Å². The standard InChI is InChI=1S/C23H31N3O4S/c1-4-18(2)24-31(28,29)22-11-7-20(8-12-22)23(27)25(3)17-19-5-9-21(10-6-19)26-13-15-30-16-14-26/h5-12,18,24H,4,13-17H2,1-3H3/t18-/m1/s1. The van der Waals surface area contributed by atoms with Gasteiger partial charge >= 0.3 is 0 Å². The number of ether oxygens (including phenoxy) is 1. The molecule has 2 aromatic carbocycles. The molecule has 0 saturated carbocycles. The van der Waals surface area contributed by atoms with E-state index >= 15 is 0 Å². The number of benzene rings is 2. The molecule has 31 heavy (non-hydrogen) atoms. The summed E-state index contributed by atoms with van der Waals surface area (Å²) < 4.78 is 32.8. The van der Waals surface area contributed by atoms with Crippen molar-refractivity contribution in [3.8, 4) is 0 Å². The van der Waals surface area contributed by atoms with Crippen molar-refractivity contribution in [2.24, 2.45) is 0 Å². The van der Waals surface area contributed by atoms with Gasteiger partial charge in [-0.2, -0.15) is 0 Å². The number of carbonyl (C=O) groups excluding carboxylic acids is 1. The number of anilines is 1. The van der Waals surface area contributed by atoms with Crippen molar-refractivity contribution in [1.29, 1.82) is 0 Å². The molecule has 0 spiro atoms. The molecule has 1 N–H and O–H groups in total. The molecule has 0 radical (unpaired) electrons. The highest BCUT2D eigenvalue weighted by molar-refractivity contribution is 7.89. The number of hydrogen-bond donors (Lipinski definition) is 1. The van der Waals surface area contributed by atoms with Crippen LogP contribution in [0.25, 0.3) is 0 Å². The van der Waals surface area contributed by atoms with Crippen LogP contribution in [0.15, 0.2) is 53.4 Å². The highest BCUT2D eigenvalue weighted by Crippen LogP contribution is 2.18. The lowest BCUT2D eigenvalue weighted by Gasteiger charge is -2.29. The van der Waals surface area contributed by atoms with Gasteiger partial charge < -0.3 is 14.5 Å². The Balaban J connectivity index is 1.62. The molecule has 1 amide bonds. The fourth-order valence-corrected chi connectivity index (χ4v) is 4.72. The number of morpholine rings is 1. The van der Waals surface area contributed by atoms with Crippen molar-refractivity contribution in [2.75, 3.05) is 38.3 Å². The van der Waals surface area contributed by atoms with Crippen molar-refractivity contribution in [3.05, 3.63) is 59.7 Å². The predicted molar refractivity (Wildman–Crippen MR) is 122 cm³/mol. The van der Waals surface area contributed by atoms with E-state index in [4.69, 9.17) is 4.74 Å². The molecule has 0 aromatic heterocycles. The third-order valence-corrected chi connectivity index (χ3v) is 7.06. The van der Waals surface area contributed by atoms with Crippen LogP contribution in [0, 0.1) is 0 Å². The molecule has 1 saturated heterocycles. The Kier molecular flexibility index (Phi) is 7.69. The van der Waals surface area contributed by atoms with Crippen LogP contribution in [-0.4, -0.2) is 58.6 Å². The summed E-state index contributed by atoms with van der Waals surface area (Å²) in [4.78, 5) is 16.9. The number of nitrogens with zero attached hydrogens (tertiary/aromatic N) is 2. The van der Waals surface area contributed by atoms with Gasteiger partial charge in [-0.15, -0.1) is 0 Å². The second kappa shape index (κ2) is 10.3. The van der Waals surface area contributed by atoms with Gasteiger partial charge in [0.15, 0.2) is 0 Å². The molecule has 0 aliphatic carbocycles. The van der Waals surface area contributed by atoms with E-state index < -0.39 is 10.0 Å².